The molecular weight excluding hydrogens is 172 g/mol. The van der Waals surface area contributed by atoms with Crippen molar-refractivity contribution in [3.63, 3.8) is 0 Å². The van der Waals surface area contributed by atoms with E-state index < -0.39 is 0 Å². The smallest absolute Gasteiger partial charge is 0.0206 e. The summed E-state index contributed by atoms with van der Waals surface area (Å²) < 4.78 is 0. The molecule has 0 fully saturated rings. The van der Waals surface area contributed by atoms with Gasteiger partial charge in [0.25, 0.3) is 0 Å². The maximum absolute atomic E-state index is 3.44. The molecule has 0 heterocycles. The van der Waals surface area contributed by atoms with Gasteiger partial charge in [-0.15, -0.1) is 0 Å². The lowest BCUT2D eigenvalue weighted by atomic mass is 10.2. The Hall–Kier alpha value is -0.860. The summed E-state index contributed by atoms with van der Waals surface area (Å²) >= 11 is 0. The van der Waals surface area contributed by atoms with Gasteiger partial charge in [-0.3, -0.25) is 0 Å². The van der Waals surface area contributed by atoms with E-state index in [0.717, 1.165) is 13.1 Å². The van der Waals surface area contributed by atoms with Crippen LogP contribution in [0.15, 0.2) is 30.3 Å². The van der Waals surface area contributed by atoms with Gasteiger partial charge in [0.05, 0.1) is 0 Å². The summed E-state index contributed by atoms with van der Waals surface area (Å²) in [4.78, 5) is 2.22. The predicted molar refractivity (Wildman–Crippen MR) is 61.3 cm³/mol. The van der Waals surface area contributed by atoms with E-state index in [1.807, 2.05) is 6.07 Å². The van der Waals surface area contributed by atoms with E-state index in [4.69, 9.17) is 0 Å². The molecule has 0 saturated heterocycles. The van der Waals surface area contributed by atoms with Crippen LogP contribution in [0, 0.1) is 0 Å². The topological polar surface area (TPSA) is 15.3 Å². The first-order valence-corrected chi connectivity index (χ1v) is 5.11. The molecule has 0 aliphatic rings. The van der Waals surface area contributed by atoms with Crippen LogP contribution in [-0.4, -0.2) is 31.6 Å². The molecule has 0 aliphatic carbocycles. The van der Waals surface area contributed by atoms with Crippen molar-refractivity contribution >= 4 is 0 Å². The molecule has 0 bridgehead atoms. The van der Waals surface area contributed by atoms with Gasteiger partial charge < -0.3 is 10.2 Å². The van der Waals surface area contributed by atoms with Crippen molar-refractivity contribution in [2.75, 3.05) is 20.6 Å². The zero-order valence-electron chi connectivity index (χ0n) is 9.33. The third-order valence-corrected chi connectivity index (χ3v) is 2.49. The third-order valence-electron chi connectivity index (χ3n) is 2.49. The number of hydrogen-bond acceptors (Lipinski definition) is 2. The van der Waals surface area contributed by atoms with Gasteiger partial charge in [0.1, 0.15) is 0 Å². The molecule has 1 aromatic rings. The average Bonchev–Trinajstić information content (AvgIpc) is 2.19. The Morgan fingerprint density at radius 1 is 1.21 bits per heavy atom. The highest BCUT2D eigenvalue weighted by Crippen LogP contribution is 1.97. The third kappa shape index (κ3) is 3.90. The minimum Gasteiger partial charge on any atom is -0.311 e. The molecule has 1 rings (SSSR count). The lowest BCUT2D eigenvalue weighted by Crippen LogP contribution is -2.35. The van der Waals surface area contributed by atoms with Crippen molar-refractivity contribution in [3.8, 4) is 0 Å². The van der Waals surface area contributed by atoms with Crippen molar-refractivity contribution in [2.45, 2.75) is 19.5 Å². The Balaban J connectivity index is 2.22. The molecular formula is C12H20N2. The SMILES string of the molecule is C[C@@H](CNCc1ccccc1)N(C)C. The largest absolute Gasteiger partial charge is 0.311 e. The highest BCUT2D eigenvalue weighted by molar-refractivity contribution is 5.14. The number of hydrogen-bond donors (Lipinski definition) is 1. The van der Waals surface area contributed by atoms with Crippen molar-refractivity contribution in [2.24, 2.45) is 0 Å². The van der Waals surface area contributed by atoms with E-state index in [2.05, 4.69) is 55.5 Å². The van der Waals surface area contributed by atoms with Crippen LogP contribution in [0.2, 0.25) is 0 Å². The molecule has 0 aliphatic heterocycles. The lowest BCUT2D eigenvalue weighted by Gasteiger charge is -2.20. The summed E-state index contributed by atoms with van der Waals surface area (Å²) in [7, 11) is 4.21. The molecule has 2 heteroatoms. The molecule has 0 saturated carbocycles. The first-order valence-electron chi connectivity index (χ1n) is 5.11. The van der Waals surface area contributed by atoms with Gasteiger partial charge in [0.2, 0.25) is 0 Å². The molecule has 0 spiro atoms. The first-order chi connectivity index (χ1) is 6.70. The number of likely N-dealkylation sites (N-methyl/N-ethyl adjacent to an activating group) is 1. The normalized spacial score (nSPS) is 13.1. The molecule has 0 aromatic heterocycles. The molecule has 1 atom stereocenters. The fourth-order valence-electron chi connectivity index (χ4n) is 1.20. The van der Waals surface area contributed by atoms with E-state index in [1.54, 1.807) is 0 Å². The van der Waals surface area contributed by atoms with Gasteiger partial charge in [0, 0.05) is 19.1 Å². The highest BCUT2D eigenvalue weighted by atomic mass is 15.1. The molecule has 0 amide bonds. The summed E-state index contributed by atoms with van der Waals surface area (Å²) in [6, 6.07) is 11.1. The lowest BCUT2D eigenvalue weighted by molar-refractivity contribution is 0.302. The molecule has 1 aromatic carbocycles. The Labute approximate surface area is 86.9 Å². The standard InChI is InChI=1S/C12H20N2/c1-11(14(2)3)9-13-10-12-7-5-4-6-8-12/h4-8,11,13H,9-10H2,1-3H3/t11-/m0/s1. The second kappa shape index (κ2) is 5.78. The minimum atomic E-state index is 0.582. The monoisotopic (exact) mass is 192 g/mol. The Morgan fingerprint density at radius 3 is 2.43 bits per heavy atom. The molecule has 2 nitrogen and oxygen atoms in total. The average molecular weight is 192 g/mol. The van der Waals surface area contributed by atoms with Crippen molar-refractivity contribution < 1.29 is 0 Å². The molecule has 1 N–H and O–H groups in total. The second-order valence-electron chi connectivity index (χ2n) is 3.93. The van der Waals surface area contributed by atoms with Gasteiger partial charge in [-0.05, 0) is 26.6 Å². The van der Waals surface area contributed by atoms with Gasteiger partial charge in [-0.1, -0.05) is 30.3 Å². The van der Waals surface area contributed by atoms with Crippen molar-refractivity contribution in [1.29, 1.82) is 0 Å². The first kappa shape index (κ1) is 11.2. The maximum Gasteiger partial charge on any atom is 0.0206 e. The number of benzene rings is 1. The number of nitrogens with zero attached hydrogens (tertiary/aromatic N) is 1. The van der Waals surface area contributed by atoms with Crippen LogP contribution in [-0.2, 0) is 6.54 Å². The fraction of sp³-hybridized carbons (Fsp3) is 0.500. The Morgan fingerprint density at radius 2 is 1.86 bits per heavy atom. The van der Waals surface area contributed by atoms with E-state index in [0.29, 0.717) is 6.04 Å². The highest BCUT2D eigenvalue weighted by Gasteiger charge is 2.02. The quantitative estimate of drug-likeness (QED) is 0.764. The summed E-state index contributed by atoms with van der Waals surface area (Å²) in [5.41, 5.74) is 1.35. The maximum atomic E-state index is 3.44. The van der Waals surface area contributed by atoms with Crippen LogP contribution in [0.25, 0.3) is 0 Å². The summed E-state index contributed by atoms with van der Waals surface area (Å²) in [5.74, 6) is 0. The molecule has 78 valence electrons. The molecule has 0 unspecified atom stereocenters. The van der Waals surface area contributed by atoms with Gasteiger partial charge in [-0.25, -0.2) is 0 Å². The Bertz CT molecular complexity index is 244. The van der Waals surface area contributed by atoms with Crippen LogP contribution < -0.4 is 5.32 Å². The zero-order valence-corrected chi connectivity index (χ0v) is 9.33. The summed E-state index contributed by atoms with van der Waals surface area (Å²) in [5, 5.41) is 3.44. The number of nitrogens with one attached hydrogen (secondary N) is 1. The predicted octanol–water partition coefficient (Wildman–Crippen LogP) is 1.73. The van der Waals surface area contributed by atoms with Gasteiger partial charge in [0.15, 0.2) is 0 Å². The second-order valence-corrected chi connectivity index (χ2v) is 3.93. The molecule has 0 radical (unpaired) electrons. The van der Waals surface area contributed by atoms with Crippen molar-refractivity contribution in [1.82, 2.24) is 10.2 Å². The van der Waals surface area contributed by atoms with Crippen LogP contribution in [0.3, 0.4) is 0 Å². The van der Waals surface area contributed by atoms with E-state index in [9.17, 15) is 0 Å². The van der Waals surface area contributed by atoms with Gasteiger partial charge >= 0.3 is 0 Å². The van der Waals surface area contributed by atoms with Crippen molar-refractivity contribution in [3.05, 3.63) is 35.9 Å². The summed E-state index contributed by atoms with van der Waals surface area (Å²) in [6.07, 6.45) is 0. The van der Waals surface area contributed by atoms with Crippen LogP contribution in [0.1, 0.15) is 12.5 Å². The zero-order chi connectivity index (χ0) is 10.4. The molecule has 14 heavy (non-hydrogen) atoms. The minimum absolute atomic E-state index is 0.582. The summed E-state index contributed by atoms with van der Waals surface area (Å²) in [6.45, 7) is 4.21. The fourth-order valence-corrected chi connectivity index (χ4v) is 1.20. The van der Waals surface area contributed by atoms with Gasteiger partial charge in [-0.2, -0.15) is 0 Å². The van der Waals surface area contributed by atoms with E-state index >= 15 is 0 Å². The Kier molecular flexibility index (Phi) is 4.63. The van der Waals surface area contributed by atoms with E-state index in [-0.39, 0.29) is 0 Å². The van der Waals surface area contributed by atoms with E-state index in [1.165, 1.54) is 5.56 Å². The van der Waals surface area contributed by atoms with Crippen LogP contribution in [0.5, 0.6) is 0 Å². The number of rotatable bonds is 5. The van der Waals surface area contributed by atoms with Crippen LogP contribution in [0.4, 0.5) is 0 Å². The van der Waals surface area contributed by atoms with Crippen LogP contribution >= 0.6 is 0 Å².